The van der Waals surface area contributed by atoms with Crippen LogP contribution < -0.4 is 10.6 Å². The number of hydrogen-bond donors (Lipinski definition) is 2. The summed E-state index contributed by atoms with van der Waals surface area (Å²) in [6, 6.07) is 8.23. The van der Waals surface area contributed by atoms with Gasteiger partial charge in [-0.15, -0.1) is 0 Å². The second-order valence-electron chi connectivity index (χ2n) is 7.88. The minimum absolute atomic E-state index is 0.0693. The van der Waals surface area contributed by atoms with Gasteiger partial charge in [0.1, 0.15) is 6.04 Å². The van der Waals surface area contributed by atoms with Crippen LogP contribution in [0.25, 0.3) is 0 Å². The second kappa shape index (κ2) is 9.15. The molecular formula is C22H25N5O3S. The van der Waals surface area contributed by atoms with Crippen LogP contribution in [-0.4, -0.2) is 56.2 Å². The Balaban J connectivity index is 1.43. The van der Waals surface area contributed by atoms with Crippen LogP contribution in [-0.2, 0) is 9.59 Å². The van der Waals surface area contributed by atoms with Crippen molar-refractivity contribution in [1.82, 2.24) is 20.2 Å². The number of carbonyl (C=O) groups is 3. The van der Waals surface area contributed by atoms with E-state index in [0.29, 0.717) is 18.1 Å². The molecule has 2 N–H and O–H groups in total. The predicted octanol–water partition coefficient (Wildman–Crippen LogP) is 2.59. The Hall–Kier alpha value is -2.78. The van der Waals surface area contributed by atoms with Crippen LogP contribution in [0.5, 0.6) is 0 Å². The van der Waals surface area contributed by atoms with Crippen molar-refractivity contribution in [1.29, 1.82) is 0 Å². The van der Waals surface area contributed by atoms with Gasteiger partial charge in [0.05, 0.1) is 11.9 Å². The number of nitrogens with zero attached hydrogens (tertiary/aromatic N) is 3. The molecule has 0 bridgehead atoms. The molecule has 1 aromatic heterocycles. The summed E-state index contributed by atoms with van der Waals surface area (Å²) in [5.41, 5.74) is 3.04. The molecule has 2 aromatic rings. The molecule has 2 saturated heterocycles. The van der Waals surface area contributed by atoms with Gasteiger partial charge in [0.15, 0.2) is 5.78 Å². The van der Waals surface area contributed by atoms with Crippen molar-refractivity contribution < 1.29 is 14.4 Å². The number of piperidine rings is 1. The first kappa shape index (κ1) is 21.5. The Morgan fingerprint density at radius 2 is 1.81 bits per heavy atom. The maximum atomic E-state index is 12.8. The van der Waals surface area contributed by atoms with Gasteiger partial charge in [0.25, 0.3) is 5.91 Å². The van der Waals surface area contributed by atoms with E-state index < -0.39 is 6.04 Å². The monoisotopic (exact) mass is 439 g/mol. The standard InChI is InChI=1S/C22H25N5O3S/c1-13-11-14(2)24-22(23-13)25-16-8-6-15(7-9-16)20(29)26-18-5-3-4-10-27(18)19-17(28)12-31-21(19)30/h6-9,11,18-19H,3-5,10,12H2,1-2H3,(H,26,29)(H,23,24,25). The number of rotatable bonds is 5. The molecule has 31 heavy (non-hydrogen) atoms. The molecule has 4 rings (SSSR count). The highest BCUT2D eigenvalue weighted by Gasteiger charge is 2.42. The zero-order valence-electron chi connectivity index (χ0n) is 17.6. The molecular weight excluding hydrogens is 414 g/mol. The van der Waals surface area contributed by atoms with Crippen LogP contribution in [0.1, 0.15) is 41.0 Å². The smallest absolute Gasteiger partial charge is 0.252 e. The van der Waals surface area contributed by atoms with Crippen LogP contribution in [0, 0.1) is 13.8 Å². The molecule has 0 saturated carbocycles. The highest BCUT2D eigenvalue weighted by Crippen LogP contribution is 2.27. The summed E-state index contributed by atoms with van der Waals surface area (Å²) in [5.74, 6) is 0.437. The van der Waals surface area contributed by atoms with Gasteiger partial charge in [-0.2, -0.15) is 0 Å². The number of anilines is 2. The number of carbonyl (C=O) groups excluding carboxylic acids is 3. The number of amides is 1. The number of aryl methyl sites for hydroxylation is 2. The van der Waals surface area contributed by atoms with Crippen molar-refractivity contribution in [3.05, 3.63) is 47.3 Å². The Kier molecular flexibility index (Phi) is 6.33. The molecule has 162 valence electrons. The first-order valence-corrected chi connectivity index (χ1v) is 11.3. The van der Waals surface area contributed by atoms with Gasteiger partial charge in [0, 0.05) is 29.2 Å². The van der Waals surface area contributed by atoms with E-state index in [4.69, 9.17) is 0 Å². The second-order valence-corrected chi connectivity index (χ2v) is 8.86. The summed E-state index contributed by atoms with van der Waals surface area (Å²) in [6.07, 6.45) is 2.26. The number of aromatic nitrogens is 2. The van der Waals surface area contributed by atoms with Crippen LogP contribution in [0.2, 0.25) is 0 Å². The molecule has 0 radical (unpaired) electrons. The van der Waals surface area contributed by atoms with Gasteiger partial charge in [-0.1, -0.05) is 11.8 Å². The summed E-state index contributed by atoms with van der Waals surface area (Å²) in [6.45, 7) is 4.45. The van der Waals surface area contributed by atoms with Gasteiger partial charge in [-0.25, -0.2) is 9.97 Å². The predicted molar refractivity (Wildman–Crippen MR) is 119 cm³/mol. The van der Waals surface area contributed by atoms with Crippen LogP contribution in [0.15, 0.2) is 30.3 Å². The zero-order chi connectivity index (χ0) is 22.0. The summed E-state index contributed by atoms with van der Waals surface area (Å²) in [7, 11) is 0. The molecule has 1 aromatic carbocycles. The number of Topliss-reactive ketones (excluding diaryl/α,β-unsaturated/α-hetero) is 1. The molecule has 2 atom stereocenters. The van der Waals surface area contributed by atoms with Crippen molar-refractivity contribution in [2.45, 2.75) is 45.3 Å². The molecule has 0 aliphatic carbocycles. The van der Waals surface area contributed by atoms with E-state index in [1.165, 1.54) is 0 Å². The van der Waals surface area contributed by atoms with Crippen molar-refractivity contribution in [3.63, 3.8) is 0 Å². The molecule has 2 fully saturated rings. The fourth-order valence-electron chi connectivity index (χ4n) is 4.02. The molecule has 2 unspecified atom stereocenters. The normalized spacial score (nSPS) is 21.9. The van der Waals surface area contributed by atoms with Gasteiger partial charge < -0.3 is 10.6 Å². The third-order valence-corrected chi connectivity index (χ3v) is 6.38. The van der Waals surface area contributed by atoms with Crippen LogP contribution in [0.3, 0.4) is 0 Å². The van der Waals surface area contributed by atoms with Gasteiger partial charge >= 0.3 is 0 Å². The maximum absolute atomic E-state index is 12.8. The van der Waals surface area contributed by atoms with E-state index in [1.807, 2.05) is 24.8 Å². The van der Waals surface area contributed by atoms with Gasteiger partial charge in [-0.3, -0.25) is 19.3 Å². The Morgan fingerprint density at radius 1 is 1.10 bits per heavy atom. The van der Waals surface area contributed by atoms with E-state index in [2.05, 4.69) is 20.6 Å². The van der Waals surface area contributed by atoms with E-state index in [0.717, 1.165) is 48.1 Å². The molecule has 0 spiro atoms. The minimum Gasteiger partial charge on any atom is -0.336 e. The Labute approximate surface area is 185 Å². The largest absolute Gasteiger partial charge is 0.336 e. The van der Waals surface area contributed by atoms with Crippen molar-refractivity contribution in [3.8, 4) is 0 Å². The van der Waals surface area contributed by atoms with E-state index >= 15 is 0 Å². The minimum atomic E-state index is -0.736. The number of nitrogens with one attached hydrogen (secondary N) is 2. The lowest BCUT2D eigenvalue weighted by Gasteiger charge is -2.38. The molecule has 9 heteroatoms. The topological polar surface area (TPSA) is 104 Å². The third-order valence-electron chi connectivity index (χ3n) is 5.44. The lowest BCUT2D eigenvalue weighted by atomic mass is 10.0. The number of ketones is 1. The summed E-state index contributed by atoms with van der Waals surface area (Å²) in [4.78, 5) is 47.8. The Bertz CT molecular complexity index is 974. The van der Waals surface area contributed by atoms with E-state index in [-0.39, 0.29) is 28.7 Å². The van der Waals surface area contributed by atoms with Gasteiger partial charge in [-0.05, 0) is 63.4 Å². The Morgan fingerprint density at radius 3 is 2.45 bits per heavy atom. The molecule has 8 nitrogen and oxygen atoms in total. The number of likely N-dealkylation sites (tertiary alicyclic amines) is 1. The molecule has 2 aliphatic heterocycles. The van der Waals surface area contributed by atoms with Gasteiger partial charge in [0.2, 0.25) is 11.1 Å². The molecule has 3 heterocycles. The summed E-state index contributed by atoms with van der Waals surface area (Å²) < 4.78 is 0. The number of hydrogen-bond acceptors (Lipinski definition) is 8. The molecule has 2 aliphatic rings. The quantitative estimate of drug-likeness (QED) is 0.685. The third kappa shape index (κ3) is 4.94. The zero-order valence-corrected chi connectivity index (χ0v) is 18.4. The average Bonchev–Trinajstić information content (AvgIpc) is 3.06. The number of thioether (sulfide) groups is 1. The first-order chi connectivity index (χ1) is 14.9. The van der Waals surface area contributed by atoms with Crippen molar-refractivity contribution in [2.75, 3.05) is 17.6 Å². The van der Waals surface area contributed by atoms with Crippen molar-refractivity contribution in [2.24, 2.45) is 0 Å². The first-order valence-electron chi connectivity index (χ1n) is 10.4. The highest BCUT2D eigenvalue weighted by molar-refractivity contribution is 8.15. The fraction of sp³-hybridized carbons (Fsp3) is 0.409. The van der Waals surface area contributed by atoms with Crippen LogP contribution in [0.4, 0.5) is 11.6 Å². The lowest BCUT2D eigenvalue weighted by molar-refractivity contribution is -0.129. The molecule has 1 amide bonds. The summed E-state index contributed by atoms with van der Waals surface area (Å²) >= 11 is 1.07. The SMILES string of the molecule is Cc1cc(C)nc(Nc2ccc(C(=O)NC3CCCCN3C3C(=O)CSC3=O)cc2)n1. The maximum Gasteiger partial charge on any atom is 0.252 e. The highest BCUT2D eigenvalue weighted by atomic mass is 32.2. The fourth-order valence-corrected chi connectivity index (χ4v) is 4.89. The van der Waals surface area contributed by atoms with E-state index in [1.54, 1.807) is 24.3 Å². The van der Waals surface area contributed by atoms with Crippen LogP contribution >= 0.6 is 11.8 Å². The lowest BCUT2D eigenvalue weighted by Crippen LogP contribution is -2.57. The summed E-state index contributed by atoms with van der Waals surface area (Å²) in [5, 5.41) is 6.05. The average molecular weight is 440 g/mol. The van der Waals surface area contributed by atoms with Crippen molar-refractivity contribution >= 4 is 40.2 Å². The van der Waals surface area contributed by atoms with E-state index in [9.17, 15) is 14.4 Å². The number of benzene rings is 1.